The van der Waals surface area contributed by atoms with Crippen LogP contribution in [0.4, 0.5) is 0 Å². The van der Waals surface area contributed by atoms with Crippen LogP contribution in [0.3, 0.4) is 0 Å². The zero-order valence-corrected chi connectivity index (χ0v) is 18.0. The molecule has 0 saturated heterocycles. The summed E-state index contributed by atoms with van der Waals surface area (Å²) in [6.45, 7) is 0.785. The second kappa shape index (κ2) is 10.3. The van der Waals surface area contributed by atoms with Gasteiger partial charge in [-0.3, -0.25) is 4.79 Å². The van der Waals surface area contributed by atoms with Crippen molar-refractivity contribution in [1.29, 1.82) is 0 Å². The number of rotatable bonds is 8. The van der Waals surface area contributed by atoms with Crippen molar-refractivity contribution < 1.29 is 14.3 Å². The van der Waals surface area contributed by atoms with E-state index < -0.39 is 0 Å². The minimum atomic E-state index is -0.144. The maximum atomic E-state index is 13.0. The predicted molar refractivity (Wildman–Crippen MR) is 130 cm³/mol. The molecular weight excluding hydrogens is 398 g/mol. The minimum Gasteiger partial charge on any atom is -0.497 e. The van der Waals surface area contributed by atoms with Crippen molar-refractivity contribution in [3.8, 4) is 11.5 Å². The van der Waals surface area contributed by atoms with Crippen molar-refractivity contribution in [2.75, 3.05) is 20.3 Å². The normalized spacial score (nSPS) is 11.2. The second-order valence-corrected chi connectivity index (χ2v) is 7.31. The molecule has 0 saturated carbocycles. The van der Waals surface area contributed by atoms with Crippen molar-refractivity contribution in [3.05, 3.63) is 108 Å². The first-order chi connectivity index (χ1) is 15.7. The number of fused-ring (bicyclic) bond motifs is 1. The van der Waals surface area contributed by atoms with Crippen LogP contribution in [0.2, 0.25) is 0 Å². The molecule has 4 heteroatoms. The van der Waals surface area contributed by atoms with Crippen molar-refractivity contribution >= 4 is 28.3 Å². The molecule has 4 aromatic rings. The number of carbonyl (C=O) groups excluding carboxylic acids is 1. The fourth-order valence-corrected chi connectivity index (χ4v) is 3.45. The van der Waals surface area contributed by atoms with Crippen LogP contribution in [-0.4, -0.2) is 26.2 Å². The fraction of sp³-hybridized carbons (Fsp3) is 0.107. The van der Waals surface area contributed by atoms with Gasteiger partial charge in [-0.15, -0.1) is 0 Å². The van der Waals surface area contributed by atoms with Gasteiger partial charge in [0.2, 0.25) is 0 Å². The summed E-state index contributed by atoms with van der Waals surface area (Å²) in [6, 6.07) is 31.4. The molecule has 0 aliphatic rings. The maximum absolute atomic E-state index is 13.0. The molecule has 4 rings (SSSR count). The van der Waals surface area contributed by atoms with Crippen LogP contribution in [0.15, 0.2) is 97.1 Å². The summed E-state index contributed by atoms with van der Waals surface area (Å²) in [4.78, 5) is 13.0. The number of amides is 1. The van der Waals surface area contributed by atoms with E-state index >= 15 is 0 Å². The number of hydrogen-bond donors (Lipinski definition) is 1. The van der Waals surface area contributed by atoms with Crippen molar-refractivity contribution in [3.63, 3.8) is 0 Å². The number of hydrogen-bond acceptors (Lipinski definition) is 3. The highest BCUT2D eigenvalue weighted by atomic mass is 16.5. The van der Waals surface area contributed by atoms with Crippen molar-refractivity contribution in [1.82, 2.24) is 5.32 Å². The Hall–Kier alpha value is -4.05. The summed E-state index contributed by atoms with van der Waals surface area (Å²) in [7, 11) is 1.63. The topological polar surface area (TPSA) is 47.6 Å². The molecule has 0 unspecified atom stereocenters. The second-order valence-electron chi connectivity index (χ2n) is 7.31. The first-order valence-corrected chi connectivity index (χ1v) is 10.5. The SMILES string of the molecule is COc1ccc(/C=C(/C(=O)NCCOc2ccc3ccccc3c2)c2ccccc2)cc1. The Morgan fingerprint density at radius 2 is 1.50 bits per heavy atom. The smallest absolute Gasteiger partial charge is 0.252 e. The quantitative estimate of drug-likeness (QED) is 0.228. The average Bonchev–Trinajstić information content (AvgIpc) is 2.86. The number of carbonyl (C=O) groups is 1. The molecule has 1 amide bonds. The molecule has 160 valence electrons. The van der Waals surface area contributed by atoms with Gasteiger partial charge in [-0.2, -0.15) is 0 Å². The lowest BCUT2D eigenvalue weighted by molar-refractivity contribution is -0.115. The van der Waals surface area contributed by atoms with Crippen LogP contribution < -0.4 is 14.8 Å². The van der Waals surface area contributed by atoms with E-state index in [0.717, 1.165) is 28.0 Å². The Morgan fingerprint density at radius 3 is 2.25 bits per heavy atom. The molecule has 0 aromatic heterocycles. The van der Waals surface area contributed by atoms with Crippen LogP contribution in [0.5, 0.6) is 11.5 Å². The van der Waals surface area contributed by atoms with Crippen LogP contribution >= 0.6 is 0 Å². The van der Waals surface area contributed by atoms with Gasteiger partial charge in [0.15, 0.2) is 0 Å². The Balaban J connectivity index is 1.42. The average molecular weight is 424 g/mol. The monoisotopic (exact) mass is 423 g/mol. The van der Waals surface area contributed by atoms with Crippen molar-refractivity contribution in [2.45, 2.75) is 0 Å². The first kappa shape index (κ1) is 21.2. The highest BCUT2D eigenvalue weighted by Crippen LogP contribution is 2.22. The van der Waals surface area contributed by atoms with Gasteiger partial charge in [0, 0.05) is 5.57 Å². The molecule has 1 N–H and O–H groups in total. The minimum absolute atomic E-state index is 0.144. The Bertz CT molecular complexity index is 1210. The summed E-state index contributed by atoms with van der Waals surface area (Å²) in [5.74, 6) is 1.42. The summed E-state index contributed by atoms with van der Waals surface area (Å²) in [5, 5.41) is 5.27. The molecule has 0 atom stereocenters. The third-order valence-electron chi connectivity index (χ3n) is 5.13. The van der Waals surface area contributed by atoms with Gasteiger partial charge in [0.1, 0.15) is 18.1 Å². The molecule has 0 heterocycles. The maximum Gasteiger partial charge on any atom is 0.252 e. The summed E-state index contributed by atoms with van der Waals surface area (Å²) in [6.07, 6.45) is 1.88. The van der Waals surface area contributed by atoms with Gasteiger partial charge in [-0.25, -0.2) is 0 Å². The highest BCUT2D eigenvalue weighted by molar-refractivity contribution is 6.24. The summed E-state index contributed by atoms with van der Waals surface area (Å²) >= 11 is 0. The summed E-state index contributed by atoms with van der Waals surface area (Å²) in [5.41, 5.74) is 2.38. The highest BCUT2D eigenvalue weighted by Gasteiger charge is 2.12. The van der Waals surface area contributed by atoms with Gasteiger partial charge in [0.25, 0.3) is 5.91 Å². The lowest BCUT2D eigenvalue weighted by Gasteiger charge is -2.11. The first-order valence-electron chi connectivity index (χ1n) is 10.5. The van der Waals surface area contributed by atoms with E-state index in [1.165, 1.54) is 5.39 Å². The third-order valence-corrected chi connectivity index (χ3v) is 5.13. The van der Waals surface area contributed by atoms with Gasteiger partial charge in [-0.1, -0.05) is 72.8 Å². The fourth-order valence-electron chi connectivity index (χ4n) is 3.45. The van der Waals surface area contributed by atoms with Gasteiger partial charge < -0.3 is 14.8 Å². The molecular formula is C28H25NO3. The van der Waals surface area contributed by atoms with Crippen LogP contribution in [-0.2, 0) is 4.79 Å². The molecule has 4 aromatic carbocycles. The van der Waals surface area contributed by atoms with Gasteiger partial charge >= 0.3 is 0 Å². The molecule has 0 spiro atoms. The van der Waals surface area contributed by atoms with Crippen LogP contribution in [0, 0.1) is 0 Å². The van der Waals surface area contributed by atoms with E-state index in [0.29, 0.717) is 18.7 Å². The van der Waals surface area contributed by atoms with E-state index in [1.807, 2.05) is 91.0 Å². The van der Waals surface area contributed by atoms with E-state index in [-0.39, 0.29) is 5.91 Å². The molecule has 0 bridgehead atoms. The lowest BCUT2D eigenvalue weighted by atomic mass is 10.0. The third kappa shape index (κ3) is 5.35. The number of methoxy groups -OCH3 is 1. The van der Waals surface area contributed by atoms with E-state index in [4.69, 9.17) is 9.47 Å². The summed E-state index contributed by atoms with van der Waals surface area (Å²) < 4.78 is 11.1. The van der Waals surface area contributed by atoms with E-state index in [1.54, 1.807) is 7.11 Å². The van der Waals surface area contributed by atoms with E-state index in [9.17, 15) is 4.79 Å². The van der Waals surface area contributed by atoms with E-state index in [2.05, 4.69) is 17.4 Å². The van der Waals surface area contributed by atoms with Crippen LogP contribution in [0.25, 0.3) is 22.4 Å². The zero-order chi connectivity index (χ0) is 22.2. The number of nitrogens with one attached hydrogen (secondary N) is 1. The lowest BCUT2D eigenvalue weighted by Crippen LogP contribution is -2.28. The zero-order valence-electron chi connectivity index (χ0n) is 18.0. The van der Waals surface area contributed by atoms with Gasteiger partial charge in [-0.05, 0) is 52.2 Å². The number of ether oxygens (including phenoxy) is 2. The van der Waals surface area contributed by atoms with Crippen LogP contribution in [0.1, 0.15) is 11.1 Å². The Kier molecular flexibility index (Phi) is 6.83. The predicted octanol–water partition coefficient (Wildman–Crippen LogP) is 5.58. The largest absolute Gasteiger partial charge is 0.497 e. The molecule has 0 fully saturated rings. The number of benzene rings is 4. The molecule has 0 radical (unpaired) electrons. The Morgan fingerprint density at radius 1 is 0.812 bits per heavy atom. The Labute approximate surface area is 188 Å². The molecule has 0 aliphatic heterocycles. The van der Waals surface area contributed by atoms with Gasteiger partial charge in [0.05, 0.1) is 13.7 Å². The van der Waals surface area contributed by atoms with Crippen molar-refractivity contribution in [2.24, 2.45) is 0 Å². The molecule has 4 nitrogen and oxygen atoms in total. The molecule has 32 heavy (non-hydrogen) atoms. The standard InChI is InChI=1S/C28H25NO3/c1-31-25-14-11-21(12-15-25)19-27(23-8-3-2-4-9-23)28(30)29-17-18-32-26-16-13-22-7-5-6-10-24(22)20-26/h2-16,19-20H,17-18H2,1H3,(H,29,30)/b27-19+. The molecule has 0 aliphatic carbocycles.